The van der Waals surface area contributed by atoms with Crippen molar-refractivity contribution in [2.75, 3.05) is 32.7 Å². The lowest BCUT2D eigenvalue weighted by atomic mass is 10.2. The van der Waals surface area contributed by atoms with Crippen LogP contribution in [0.5, 0.6) is 0 Å². The molecule has 1 aromatic rings. The summed E-state index contributed by atoms with van der Waals surface area (Å²) in [7, 11) is 0. The standard InChI is InChI=1S/C19H27N3O2/c1-2-8-20-18(23)16-13-17(16)19(24)22-11-9-21(10-12-22)14-15-6-4-3-5-7-15/h3-7,16-17H,2,8-14H2,1H3,(H,20,23). The Kier molecular flexibility index (Phi) is 5.51. The van der Waals surface area contributed by atoms with E-state index in [4.69, 9.17) is 0 Å². The van der Waals surface area contributed by atoms with Crippen molar-refractivity contribution in [3.05, 3.63) is 35.9 Å². The molecule has 3 rings (SSSR count). The minimum Gasteiger partial charge on any atom is -0.356 e. The topological polar surface area (TPSA) is 52.7 Å². The summed E-state index contributed by atoms with van der Waals surface area (Å²) >= 11 is 0. The second-order valence-corrected chi connectivity index (χ2v) is 6.83. The Balaban J connectivity index is 1.42. The van der Waals surface area contributed by atoms with Gasteiger partial charge >= 0.3 is 0 Å². The van der Waals surface area contributed by atoms with Crippen LogP contribution in [0.3, 0.4) is 0 Å². The summed E-state index contributed by atoms with van der Waals surface area (Å²) in [6, 6.07) is 10.4. The van der Waals surface area contributed by atoms with Gasteiger partial charge in [-0.1, -0.05) is 37.3 Å². The second kappa shape index (κ2) is 7.79. The van der Waals surface area contributed by atoms with Crippen molar-refractivity contribution in [1.29, 1.82) is 0 Å². The molecule has 2 amide bonds. The first-order chi connectivity index (χ1) is 11.7. The number of nitrogens with one attached hydrogen (secondary N) is 1. The maximum atomic E-state index is 12.5. The molecule has 130 valence electrons. The van der Waals surface area contributed by atoms with Crippen LogP contribution in [0.2, 0.25) is 0 Å². The van der Waals surface area contributed by atoms with Crippen LogP contribution in [0.25, 0.3) is 0 Å². The van der Waals surface area contributed by atoms with E-state index in [-0.39, 0.29) is 23.7 Å². The molecule has 1 saturated heterocycles. The fourth-order valence-corrected chi connectivity index (χ4v) is 3.34. The first-order valence-corrected chi connectivity index (χ1v) is 9.02. The number of carbonyl (C=O) groups is 2. The van der Waals surface area contributed by atoms with Gasteiger partial charge in [0.2, 0.25) is 11.8 Å². The number of benzene rings is 1. The Labute approximate surface area is 144 Å². The summed E-state index contributed by atoms with van der Waals surface area (Å²) in [6.07, 6.45) is 1.65. The predicted octanol–water partition coefficient (Wildman–Crippen LogP) is 1.49. The monoisotopic (exact) mass is 329 g/mol. The van der Waals surface area contributed by atoms with Gasteiger partial charge in [0.25, 0.3) is 0 Å². The number of nitrogens with zero attached hydrogens (tertiary/aromatic N) is 2. The first-order valence-electron chi connectivity index (χ1n) is 9.02. The van der Waals surface area contributed by atoms with Crippen LogP contribution in [0, 0.1) is 11.8 Å². The van der Waals surface area contributed by atoms with Gasteiger partial charge in [0, 0.05) is 39.3 Å². The normalized spacial score (nSPS) is 23.8. The Hall–Kier alpha value is -1.88. The lowest BCUT2D eigenvalue weighted by molar-refractivity contribution is -0.136. The number of carbonyl (C=O) groups excluding carboxylic acids is 2. The molecule has 1 aliphatic carbocycles. The van der Waals surface area contributed by atoms with E-state index >= 15 is 0 Å². The number of rotatable bonds is 6. The highest BCUT2D eigenvalue weighted by Gasteiger charge is 2.49. The number of hydrogen-bond donors (Lipinski definition) is 1. The van der Waals surface area contributed by atoms with E-state index in [1.54, 1.807) is 0 Å². The second-order valence-electron chi connectivity index (χ2n) is 6.83. The Bertz CT molecular complexity index is 567. The smallest absolute Gasteiger partial charge is 0.226 e. The molecule has 0 bridgehead atoms. The zero-order valence-corrected chi connectivity index (χ0v) is 14.4. The third kappa shape index (κ3) is 4.15. The molecule has 1 saturated carbocycles. The van der Waals surface area contributed by atoms with E-state index in [2.05, 4.69) is 34.5 Å². The van der Waals surface area contributed by atoms with E-state index in [0.717, 1.165) is 45.6 Å². The minimum atomic E-state index is -0.0913. The minimum absolute atomic E-state index is 0.0536. The fraction of sp³-hybridized carbons (Fsp3) is 0.579. The summed E-state index contributed by atoms with van der Waals surface area (Å²) in [4.78, 5) is 28.8. The van der Waals surface area contributed by atoms with E-state index in [1.165, 1.54) is 5.56 Å². The highest BCUT2D eigenvalue weighted by molar-refractivity contribution is 5.92. The van der Waals surface area contributed by atoms with Gasteiger partial charge in [-0.15, -0.1) is 0 Å². The molecule has 1 heterocycles. The average molecular weight is 329 g/mol. The maximum Gasteiger partial charge on any atom is 0.226 e. The molecule has 1 N–H and O–H groups in total. The van der Waals surface area contributed by atoms with Crippen molar-refractivity contribution in [2.45, 2.75) is 26.3 Å². The summed E-state index contributed by atoms with van der Waals surface area (Å²) < 4.78 is 0. The molecule has 2 unspecified atom stereocenters. The van der Waals surface area contributed by atoms with Gasteiger partial charge in [-0.05, 0) is 18.4 Å². The summed E-state index contributed by atoms with van der Waals surface area (Å²) in [5.41, 5.74) is 1.31. The van der Waals surface area contributed by atoms with Crippen LogP contribution >= 0.6 is 0 Å². The van der Waals surface area contributed by atoms with E-state index < -0.39 is 0 Å². The van der Waals surface area contributed by atoms with Crippen LogP contribution in [-0.4, -0.2) is 54.3 Å². The van der Waals surface area contributed by atoms with Crippen LogP contribution in [0.4, 0.5) is 0 Å². The van der Waals surface area contributed by atoms with E-state index in [0.29, 0.717) is 6.54 Å². The number of amides is 2. The molecule has 1 aliphatic heterocycles. The van der Waals surface area contributed by atoms with Gasteiger partial charge in [-0.3, -0.25) is 14.5 Å². The number of hydrogen-bond acceptors (Lipinski definition) is 3. The van der Waals surface area contributed by atoms with Gasteiger partial charge in [-0.2, -0.15) is 0 Å². The maximum absolute atomic E-state index is 12.5. The largest absolute Gasteiger partial charge is 0.356 e. The lowest BCUT2D eigenvalue weighted by Crippen LogP contribution is -2.49. The van der Waals surface area contributed by atoms with Crippen molar-refractivity contribution in [3.63, 3.8) is 0 Å². The summed E-state index contributed by atoms with van der Waals surface area (Å²) in [5, 5.41) is 2.90. The molecular formula is C19H27N3O2. The zero-order chi connectivity index (χ0) is 16.9. The van der Waals surface area contributed by atoms with E-state index in [1.807, 2.05) is 17.9 Å². The summed E-state index contributed by atoms with van der Waals surface area (Å²) in [6.45, 7) is 7.02. The molecule has 2 fully saturated rings. The van der Waals surface area contributed by atoms with Crippen LogP contribution in [-0.2, 0) is 16.1 Å². The molecule has 2 atom stereocenters. The van der Waals surface area contributed by atoms with Crippen LogP contribution in [0.1, 0.15) is 25.3 Å². The highest BCUT2D eigenvalue weighted by Crippen LogP contribution is 2.40. The third-order valence-electron chi connectivity index (χ3n) is 4.93. The molecule has 2 aliphatic rings. The molecule has 0 spiro atoms. The van der Waals surface area contributed by atoms with E-state index in [9.17, 15) is 9.59 Å². The molecule has 1 aromatic carbocycles. The highest BCUT2D eigenvalue weighted by atomic mass is 16.2. The quantitative estimate of drug-likeness (QED) is 0.860. The number of piperazine rings is 1. The van der Waals surface area contributed by atoms with Gasteiger partial charge in [0.1, 0.15) is 0 Å². The van der Waals surface area contributed by atoms with Crippen molar-refractivity contribution in [2.24, 2.45) is 11.8 Å². The Morgan fingerprint density at radius 1 is 1.08 bits per heavy atom. The molecule has 5 heteroatoms. The SMILES string of the molecule is CCCNC(=O)C1CC1C(=O)N1CCN(Cc2ccccc2)CC1. The fourth-order valence-electron chi connectivity index (χ4n) is 3.34. The predicted molar refractivity (Wildman–Crippen MR) is 93.2 cm³/mol. The Morgan fingerprint density at radius 2 is 1.79 bits per heavy atom. The van der Waals surface area contributed by atoms with Crippen molar-refractivity contribution in [1.82, 2.24) is 15.1 Å². The Morgan fingerprint density at radius 3 is 2.46 bits per heavy atom. The van der Waals surface area contributed by atoms with Crippen molar-refractivity contribution >= 4 is 11.8 Å². The zero-order valence-electron chi connectivity index (χ0n) is 14.4. The van der Waals surface area contributed by atoms with Crippen LogP contribution < -0.4 is 5.32 Å². The summed E-state index contributed by atoms with van der Waals surface area (Å²) in [5.74, 6) is 0.0536. The van der Waals surface area contributed by atoms with Gasteiger partial charge in [-0.25, -0.2) is 0 Å². The van der Waals surface area contributed by atoms with Gasteiger partial charge < -0.3 is 10.2 Å². The molecule has 0 aromatic heterocycles. The molecule has 0 radical (unpaired) electrons. The third-order valence-corrected chi connectivity index (χ3v) is 4.93. The first kappa shape index (κ1) is 17.0. The van der Waals surface area contributed by atoms with Crippen LogP contribution in [0.15, 0.2) is 30.3 Å². The lowest BCUT2D eigenvalue weighted by Gasteiger charge is -2.35. The average Bonchev–Trinajstić information content (AvgIpc) is 3.41. The molecular weight excluding hydrogens is 302 g/mol. The van der Waals surface area contributed by atoms with Crippen molar-refractivity contribution < 1.29 is 9.59 Å². The molecule has 24 heavy (non-hydrogen) atoms. The van der Waals surface area contributed by atoms with Crippen molar-refractivity contribution in [3.8, 4) is 0 Å². The van der Waals surface area contributed by atoms with Gasteiger partial charge in [0.15, 0.2) is 0 Å². The molecule has 5 nitrogen and oxygen atoms in total. The van der Waals surface area contributed by atoms with Gasteiger partial charge in [0.05, 0.1) is 11.8 Å².